The molecule has 0 aliphatic rings. The summed E-state index contributed by atoms with van der Waals surface area (Å²) >= 11 is 4.32. The molecule has 0 spiro atoms. The molecule has 1 rings (SSSR count). The number of carbonyl (C=O) groups excluding carboxylic acids is 1. The van der Waals surface area contributed by atoms with E-state index in [4.69, 9.17) is 4.79 Å². The molecule has 0 amide bonds. The Morgan fingerprint density at radius 2 is 1.73 bits per heavy atom. The standard InChI is InChI=1S/C8H8.CHClO/c1-2-8-6-4-3-5-7-8;2-1-3/h2-7H,1H2;1H. The fourth-order valence-corrected chi connectivity index (χ4v) is 0.589. The Bertz CT molecular complexity index is 206. The van der Waals surface area contributed by atoms with E-state index in [2.05, 4.69) is 18.2 Å². The summed E-state index contributed by atoms with van der Waals surface area (Å²) in [6.07, 6.45) is 1.83. The fourth-order valence-electron chi connectivity index (χ4n) is 0.589. The molecule has 0 bridgehead atoms. The second kappa shape index (κ2) is 7.03. The third-order valence-corrected chi connectivity index (χ3v) is 1.04. The summed E-state index contributed by atoms with van der Waals surface area (Å²) in [6.45, 7) is 3.63. The molecule has 0 N–H and O–H groups in total. The van der Waals surface area contributed by atoms with Crippen LogP contribution in [-0.4, -0.2) is 5.75 Å². The highest BCUT2D eigenvalue weighted by Crippen LogP contribution is 1.97. The summed E-state index contributed by atoms with van der Waals surface area (Å²) < 4.78 is 0. The fraction of sp³-hybridized carbons (Fsp3) is 0. The van der Waals surface area contributed by atoms with Crippen LogP contribution >= 0.6 is 11.6 Å². The van der Waals surface area contributed by atoms with Crippen molar-refractivity contribution < 1.29 is 4.79 Å². The molecule has 0 heterocycles. The van der Waals surface area contributed by atoms with E-state index in [1.807, 2.05) is 36.4 Å². The van der Waals surface area contributed by atoms with Crippen LogP contribution in [0.1, 0.15) is 5.56 Å². The third-order valence-electron chi connectivity index (χ3n) is 1.04. The molecule has 1 aromatic rings. The lowest BCUT2D eigenvalue weighted by Gasteiger charge is -1.85. The lowest BCUT2D eigenvalue weighted by molar-refractivity contribution is 0.569. The van der Waals surface area contributed by atoms with Gasteiger partial charge in [-0.15, -0.1) is 0 Å². The zero-order chi connectivity index (χ0) is 8.53. The average Bonchev–Trinajstić information content (AvgIpc) is 2.08. The van der Waals surface area contributed by atoms with Crippen LogP contribution < -0.4 is 0 Å². The molecular weight excluding hydrogens is 160 g/mol. The smallest absolute Gasteiger partial charge is 0.208 e. The van der Waals surface area contributed by atoms with Crippen LogP contribution in [0.2, 0.25) is 0 Å². The topological polar surface area (TPSA) is 17.1 Å². The molecule has 0 aliphatic carbocycles. The molecule has 11 heavy (non-hydrogen) atoms. The molecule has 0 aliphatic heterocycles. The SMILES string of the molecule is C=Cc1ccccc1.O=CCl. The summed E-state index contributed by atoms with van der Waals surface area (Å²) in [5, 5.41) is 0. The van der Waals surface area contributed by atoms with Gasteiger partial charge < -0.3 is 0 Å². The van der Waals surface area contributed by atoms with Gasteiger partial charge in [0.15, 0.2) is 0 Å². The highest BCUT2D eigenvalue weighted by Gasteiger charge is 1.75. The second-order valence-electron chi connectivity index (χ2n) is 1.70. The van der Waals surface area contributed by atoms with Gasteiger partial charge in [-0.2, -0.15) is 0 Å². The summed E-state index contributed by atoms with van der Waals surface area (Å²) in [5.41, 5.74) is 1.17. The Morgan fingerprint density at radius 3 is 2.00 bits per heavy atom. The van der Waals surface area contributed by atoms with Gasteiger partial charge in [0, 0.05) is 0 Å². The van der Waals surface area contributed by atoms with Crippen molar-refractivity contribution in [2.45, 2.75) is 0 Å². The molecule has 0 radical (unpaired) electrons. The summed E-state index contributed by atoms with van der Waals surface area (Å²) in [7, 11) is 0. The number of rotatable bonds is 1. The van der Waals surface area contributed by atoms with Gasteiger partial charge in [0.1, 0.15) is 0 Å². The van der Waals surface area contributed by atoms with Crippen LogP contribution in [0.25, 0.3) is 6.08 Å². The maximum Gasteiger partial charge on any atom is 0.208 e. The van der Waals surface area contributed by atoms with Crippen LogP contribution in [0.3, 0.4) is 0 Å². The van der Waals surface area contributed by atoms with E-state index in [1.165, 1.54) is 5.56 Å². The van der Waals surface area contributed by atoms with Gasteiger partial charge >= 0.3 is 0 Å². The van der Waals surface area contributed by atoms with Crippen LogP contribution in [0.4, 0.5) is 0 Å². The van der Waals surface area contributed by atoms with E-state index in [0.717, 1.165) is 0 Å². The van der Waals surface area contributed by atoms with Crippen molar-refractivity contribution in [3.63, 3.8) is 0 Å². The number of hydrogen-bond acceptors (Lipinski definition) is 1. The van der Waals surface area contributed by atoms with Crippen LogP contribution in [0.15, 0.2) is 36.9 Å². The molecule has 1 nitrogen and oxygen atoms in total. The first-order valence-corrected chi connectivity index (χ1v) is 3.50. The number of hydrogen-bond donors (Lipinski definition) is 0. The van der Waals surface area contributed by atoms with Gasteiger partial charge in [0.25, 0.3) is 0 Å². The van der Waals surface area contributed by atoms with Crippen molar-refractivity contribution >= 4 is 23.4 Å². The Hall–Kier alpha value is -1.08. The van der Waals surface area contributed by atoms with E-state index in [-0.39, 0.29) is 5.75 Å². The first kappa shape index (κ1) is 9.92. The maximum atomic E-state index is 8.57. The molecule has 0 aromatic heterocycles. The molecule has 58 valence electrons. The summed E-state index contributed by atoms with van der Waals surface area (Å²) in [5.74, 6) is 0.222. The van der Waals surface area contributed by atoms with E-state index in [9.17, 15) is 0 Å². The van der Waals surface area contributed by atoms with Gasteiger partial charge in [-0.05, 0) is 17.2 Å². The molecule has 0 saturated heterocycles. The zero-order valence-corrected chi connectivity index (χ0v) is 6.79. The summed E-state index contributed by atoms with van der Waals surface area (Å²) in [4.78, 5) is 8.57. The molecule has 1 aromatic carbocycles. The normalized spacial score (nSPS) is 7.36. The van der Waals surface area contributed by atoms with E-state index in [1.54, 1.807) is 0 Å². The van der Waals surface area contributed by atoms with Crippen molar-refractivity contribution in [1.29, 1.82) is 0 Å². The monoisotopic (exact) mass is 168 g/mol. The Kier molecular flexibility index (Phi) is 6.34. The van der Waals surface area contributed by atoms with Gasteiger partial charge in [0.05, 0.1) is 0 Å². The number of benzene rings is 1. The van der Waals surface area contributed by atoms with Crippen LogP contribution in [-0.2, 0) is 4.79 Å². The van der Waals surface area contributed by atoms with Gasteiger partial charge in [-0.3, -0.25) is 4.79 Å². The number of carbonyl (C=O) groups is 1. The Labute approximate surface area is 71.3 Å². The van der Waals surface area contributed by atoms with Crippen molar-refractivity contribution in [3.05, 3.63) is 42.5 Å². The minimum absolute atomic E-state index is 0.222. The highest BCUT2D eigenvalue weighted by atomic mass is 35.5. The van der Waals surface area contributed by atoms with Crippen LogP contribution in [0.5, 0.6) is 0 Å². The van der Waals surface area contributed by atoms with Gasteiger partial charge in [-0.1, -0.05) is 43.0 Å². The van der Waals surface area contributed by atoms with Crippen molar-refractivity contribution in [3.8, 4) is 0 Å². The quantitative estimate of drug-likeness (QED) is 0.466. The third kappa shape index (κ3) is 5.37. The molecule has 0 unspecified atom stereocenters. The maximum absolute atomic E-state index is 8.57. The first-order chi connectivity index (χ1) is 5.35. The molecule has 2 heteroatoms. The molecule has 0 fully saturated rings. The van der Waals surface area contributed by atoms with Crippen molar-refractivity contribution in [2.24, 2.45) is 0 Å². The van der Waals surface area contributed by atoms with E-state index < -0.39 is 0 Å². The Balaban J connectivity index is 0.000000292. The summed E-state index contributed by atoms with van der Waals surface area (Å²) in [6, 6.07) is 10.0. The largest absolute Gasteiger partial charge is 0.285 e. The minimum atomic E-state index is 0.222. The van der Waals surface area contributed by atoms with E-state index >= 15 is 0 Å². The zero-order valence-electron chi connectivity index (χ0n) is 6.03. The lowest BCUT2D eigenvalue weighted by Crippen LogP contribution is -1.63. The molecule has 0 atom stereocenters. The van der Waals surface area contributed by atoms with Crippen molar-refractivity contribution in [2.75, 3.05) is 0 Å². The molecule has 0 saturated carbocycles. The predicted octanol–water partition coefficient (Wildman–Crippen LogP) is 2.75. The predicted molar refractivity (Wildman–Crippen MR) is 49.1 cm³/mol. The van der Waals surface area contributed by atoms with Gasteiger partial charge in [0.2, 0.25) is 5.75 Å². The average molecular weight is 169 g/mol. The lowest BCUT2D eigenvalue weighted by atomic mass is 10.2. The van der Waals surface area contributed by atoms with Crippen LogP contribution in [0, 0.1) is 0 Å². The Morgan fingerprint density at radius 1 is 1.27 bits per heavy atom. The highest BCUT2D eigenvalue weighted by molar-refractivity contribution is 6.54. The van der Waals surface area contributed by atoms with E-state index in [0.29, 0.717) is 0 Å². The number of halogens is 1. The van der Waals surface area contributed by atoms with Gasteiger partial charge in [-0.25, -0.2) is 0 Å². The minimum Gasteiger partial charge on any atom is -0.285 e. The van der Waals surface area contributed by atoms with Crippen molar-refractivity contribution in [1.82, 2.24) is 0 Å². The molecular formula is C9H9ClO. The second-order valence-corrected chi connectivity index (χ2v) is 1.88. The first-order valence-electron chi connectivity index (χ1n) is 3.06.